The molecule has 0 saturated carbocycles. The molecular formula is C32H32Cl4F2N8O2S. The summed E-state index contributed by atoms with van der Waals surface area (Å²) in [6.07, 6.45) is 1.03. The second-order valence-corrected chi connectivity index (χ2v) is 12.5. The van der Waals surface area contributed by atoms with Gasteiger partial charge in [0.25, 0.3) is 0 Å². The van der Waals surface area contributed by atoms with Crippen molar-refractivity contribution in [2.24, 2.45) is 0 Å². The van der Waals surface area contributed by atoms with Gasteiger partial charge in [-0.2, -0.15) is 0 Å². The highest BCUT2D eigenvalue weighted by Crippen LogP contribution is 2.33. The largest absolute Gasteiger partial charge is 0.397 e. The maximum Gasteiger partial charge on any atom is 0.208 e. The Kier molecular flexibility index (Phi) is 13.7. The topological polar surface area (TPSA) is 158 Å². The van der Waals surface area contributed by atoms with Crippen LogP contribution in [0.4, 0.5) is 48.9 Å². The first kappa shape index (κ1) is 38.0. The van der Waals surface area contributed by atoms with Crippen molar-refractivity contribution < 1.29 is 19.0 Å². The van der Waals surface area contributed by atoms with Crippen LogP contribution in [0.15, 0.2) is 60.7 Å². The molecule has 4 aromatic carbocycles. The van der Waals surface area contributed by atoms with Gasteiger partial charge in [-0.3, -0.25) is 0 Å². The molecule has 49 heavy (non-hydrogen) atoms. The van der Waals surface area contributed by atoms with E-state index in [0.29, 0.717) is 85.8 Å². The number of rotatable bonds is 11. The molecule has 0 saturated heterocycles. The zero-order chi connectivity index (χ0) is 35.7. The zero-order valence-electron chi connectivity index (χ0n) is 25.6. The van der Waals surface area contributed by atoms with Gasteiger partial charge in [-0.05, 0) is 79.7 Å². The summed E-state index contributed by atoms with van der Waals surface area (Å²) < 4.78 is 29.1. The Morgan fingerprint density at radius 2 is 1.37 bits per heavy atom. The van der Waals surface area contributed by atoms with Crippen molar-refractivity contribution >= 4 is 115 Å². The van der Waals surface area contributed by atoms with Gasteiger partial charge >= 0.3 is 0 Å². The zero-order valence-corrected chi connectivity index (χ0v) is 29.5. The Morgan fingerprint density at radius 1 is 0.776 bits per heavy atom. The van der Waals surface area contributed by atoms with Crippen LogP contribution in [0.5, 0.6) is 0 Å². The summed E-state index contributed by atoms with van der Waals surface area (Å²) in [6, 6.07) is 15.0. The molecule has 0 bridgehead atoms. The van der Waals surface area contributed by atoms with E-state index in [1.807, 2.05) is 0 Å². The predicted octanol–water partition coefficient (Wildman–Crippen LogP) is 8.51. The fraction of sp³-hybridized carbons (Fsp3) is 0.188. The maximum absolute atomic E-state index is 13.7. The molecule has 10 N–H and O–H groups in total. The molecule has 0 aliphatic rings. The molecule has 0 radical (unpaired) electrons. The van der Waals surface area contributed by atoms with E-state index in [4.69, 9.17) is 80.3 Å². The smallest absolute Gasteiger partial charge is 0.208 e. The fourth-order valence-electron chi connectivity index (χ4n) is 4.60. The monoisotopic (exact) mass is 770 g/mol. The summed E-state index contributed by atoms with van der Waals surface area (Å²) in [5, 5.41) is 32.0. The number of nitrogens with two attached hydrogens (primary N) is 2. The van der Waals surface area contributed by atoms with Crippen molar-refractivity contribution in [2.45, 2.75) is 19.4 Å². The number of thiocarbonyl (C=S) groups is 1. The first-order chi connectivity index (χ1) is 23.4. The van der Waals surface area contributed by atoms with Gasteiger partial charge in [0.2, 0.25) is 5.95 Å². The minimum Gasteiger partial charge on any atom is -0.397 e. The molecule has 10 nitrogen and oxygen atoms in total. The number of imidazole rings is 1. The van der Waals surface area contributed by atoms with Gasteiger partial charge in [-0.15, -0.1) is 0 Å². The highest BCUT2D eigenvalue weighted by atomic mass is 35.5. The highest BCUT2D eigenvalue weighted by molar-refractivity contribution is 7.80. The molecule has 0 aliphatic heterocycles. The number of anilines is 7. The first-order valence-corrected chi connectivity index (χ1v) is 16.6. The predicted molar refractivity (Wildman–Crippen MR) is 203 cm³/mol. The van der Waals surface area contributed by atoms with Crippen molar-refractivity contribution in [3.63, 3.8) is 0 Å². The Balaban J connectivity index is 0.000000221. The summed E-state index contributed by atoms with van der Waals surface area (Å²) in [5.41, 5.74) is 15.4. The first-order valence-electron chi connectivity index (χ1n) is 14.6. The van der Waals surface area contributed by atoms with Crippen LogP contribution in [0, 0.1) is 11.6 Å². The highest BCUT2D eigenvalue weighted by Gasteiger charge is 2.16. The maximum atomic E-state index is 13.7. The second-order valence-electron chi connectivity index (χ2n) is 10.4. The van der Waals surface area contributed by atoms with Gasteiger partial charge in [-0.1, -0.05) is 46.4 Å². The normalized spacial score (nSPS) is 10.8. The Morgan fingerprint density at radius 3 is 2.00 bits per heavy atom. The molecule has 0 fully saturated rings. The lowest BCUT2D eigenvalue weighted by atomic mass is 10.2. The standard InChI is InChI=1S/C16H17Cl2FN4OS.C16H15Cl2FN4O/c17-9-2-3-13(11(18)6-9)22-16(25)23-14-8-10(19)7-12(20)15(14)21-4-1-5-24;17-9-2-3-13(11(18)6-9)21-16-22-14-8-10(19)7-12(20)15(14)23(16)4-1-5-24/h2-3,6-8,21,24H,1,4-5,20H2,(H2,22,23,25);2-3,6-8,24H,1,4-5,20H2,(H,21,22). The van der Waals surface area contributed by atoms with Crippen molar-refractivity contribution in [3.8, 4) is 0 Å². The van der Waals surface area contributed by atoms with Gasteiger partial charge in [0.15, 0.2) is 5.11 Å². The molecule has 0 spiro atoms. The van der Waals surface area contributed by atoms with E-state index in [9.17, 15) is 8.78 Å². The van der Waals surface area contributed by atoms with Crippen LogP contribution in [0.25, 0.3) is 11.0 Å². The second kappa shape index (κ2) is 17.7. The van der Waals surface area contributed by atoms with E-state index in [1.165, 1.54) is 24.3 Å². The molecule has 5 aromatic rings. The number of hydrogen-bond donors (Lipinski definition) is 8. The number of aliphatic hydroxyl groups is 2. The van der Waals surface area contributed by atoms with E-state index < -0.39 is 11.6 Å². The van der Waals surface area contributed by atoms with Gasteiger partial charge < -0.3 is 47.5 Å². The van der Waals surface area contributed by atoms with E-state index in [0.717, 1.165) is 0 Å². The molecular weight excluding hydrogens is 740 g/mol. The van der Waals surface area contributed by atoms with Crippen molar-refractivity contribution in [1.82, 2.24) is 9.55 Å². The summed E-state index contributed by atoms with van der Waals surface area (Å²) in [4.78, 5) is 4.40. The summed E-state index contributed by atoms with van der Waals surface area (Å²) in [6.45, 7) is 0.994. The van der Waals surface area contributed by atoms with Gasteiger partial charge in [0, 0.05) is 42.4 Å². The van der Waals surface area contributed by atoms with Crippen LogP contribution < -0.4 is 32.7 Å². The van der Waals surface area contributed by atoms with Crippen LogP contribution in [-0.4, -0.2) is 44.6 Å². The average molecular weight is 773 g/mol. The molecule has 0 atom stereocenters. The third kappa shape index (κ3) is 10.3. The van der Waals surface area contributed by atoms with Crippen LogP contribution in [0.2, 0.25) is 20.1 Å². The van der Waals surface area contributed by atoms with Crippen LogP contribution in [-0.2, 0) is 6.54 Å². The van der Waals surface area contributed by atoms with Gasteiger partial charge in [-0.25, -0.2) is 13.8 Å². The number of aryl methyl sites for hydroxylation is 1. The van der Waals surface area contributed by atoms with E-state index in [2.05, 4.69) is 26.3 Å². The lowest BCUT2D eigenvalue weighted by Crippen LogP contribution is -2.21. The number of aliphatic hydroxyl groups excluding tert-OH is 2. The third-order valence-corrected chi connectivity index (χ3v) is 8.05. The number of fused-ring (bicyclic) bond motifs is 1. The Labute approximate surface area is 306 Å². The summed E-state index contributed by atoms with van der Waals surface area (Å²) in [7, 11) is 0. The number of hydrogen-bond acceptors (Lipinski definition) is 8. The number of aromatic nitrogens is 2. The SMILES string of the molecule is Nc1cc(F)cc(NC(=S)Nc2ccc(Cl)cc2Cl)c1NCCCO.Nc1cc(F)cc2nc(Nc3ccc(Cl)cc3Cl)n(CCCO)c12. The van der Waals surface area contributed by atoms with Crippen LogP contribution >= 0.6 is 58.6 Å². The van der Waals surface area contributed by atoms with Crippen molar-refractivity contribution in [2.75, 3.05) is 52.5 Å². The Hall–Kier alpha value is -3.82. The summed E-state index contributed by atoms with van der Waals surface area (Å²) in [5.74, 6) is -0.497. The Bertz CT molecular complexity index is 1950. The van der Waals surface area contributed by atoms with Crippen LogP contribution in [0.3, 0.4) is 0 Å². The molecule has 260 valence electrons. The van der Waals surface area contributed by atoms with E-state index in [-0.39, 0.29) is 29.7 Å². The van der Waals surface area contributed by atoms with Crippen molar-refractivity contribution in [3.05, 3.63) is 92.4 Å². The number of nitrogens with zero attached hydrogens (tertiary/aromatic N) is 2. The molecule has 17 heteroatoms. The number of halogens is 6. The number of benzene rings is 4. The molecule has 5 rings (SSSR count). The third-order valence-electron chi connectivity index (χ3n) is 6.75. The number of nitrogen functional groups attached to an aromatic ring is 2. The van der Waals surface area contributed by atoms with E-state index in [1.54, 1.807) is 41.0 Å². The lowest BCUT2D eigenvalue weighted by molar-refractivity contribution is 0.281. The molecule has 1 heterocycles. The van der Waals surface area contributed by atoms with Gasteiger partial charge in [0.05, 0.1) is 55.2 Å². The minimum atomic E-state index is -0.500. The molecule has 0 amide bonds. The summed E-state index contributed by atoms with van der Waals surface area (Å²) >= 11 is 29.3. The van der Waals surface area contributed by atoms with E-state index >= 15 is 0 Å². The molecule has 0 aliphatic carbocycles. The van der Waals surface area contributed by atoms with Crippen LogP contribution in [0.1, 0.15) is 12.8 Å². The molecule has 0 unspecified atom stereocenters. The molecule has 1 aromatic heterocycles. The lowest BCUT2D eigenvalue weighted by Gasteiger charge is -2.17. The van der Waals surface area contributed by atoms with Crippen molar-refractivity contribution in [1.29, 1.82) is 0 Å². The average Bonchev–Trinajstić information content (AvgIpc) is 3.37. The van der Waals surface area contributed by atoms with Gasteiger partial charge in [0.1, 0.15) is 11.6 Å². The fourth-order valence-corrected chi connectivity index (χ4v) is 5.73. The minimum absolute atomic E-state index is 0.0158. The quantitative estimate of drug-likeness (QED) is 0.0372. The number of nitrogens with one attached hydrogen (secondary N) is 4.